The molecule has 1 heterocycles. The molecule has 2 rings (SSSR count). The van der Waals surface area contributed by atoms with Gasteiger partial charge in [0.2, 0.25) is 0 Å². The summed E-state index contributed by atoms with van der Waals surface area (Å²) >= 11 is 0. The Kier molecular flexibility index (Phi) is 1.69. The van der Waals surface area contributed by atoms with Gasteiger partial charge in [-0.1, -0.05) is 18.7 Å². The normalized spacial score (nSPS) is 10.6. The molecule has 0 amide bonds. The quantitative estimate of drug-likeness (QED) is 0.646. The maximum atomic E-state index is 4.48. The number of hydrogen-bond acceptors (Lipinski definition) is 1. The SMILES string of the molecule is C=C(C)c1nc2ccccc2n1C. The highest BCUT2D eigenvalue weighted by Crippen LogP contribution is 2.18. The van der Waals surface area contributed by atoms with Crippen molar-refractivity contribution in [2.75, 3.05) is 0 Å². The molecule has 0 saturated carbocycles. The van der Waals surface area contributed by atoms with Gasteiger partial charge in [0.05, 0.1) is 11.0 Å². The lowest BCUT2D eigenvalue weighted by Crippen LogP contribution is -1.93. The van der Waals surface area contributed by atoms with Crippen LogP contribution in [0, 0.1) is 0 Å². The molecule has 0 aliphatic rings. The van der Waals surface area contributed by atoms with Crippen molar-refractivity contribution in [1.29, 1.82) is 0 Å². The molecule has 2 aromatic rings. The number of allylic oxidation sites excluding steroid dienone is 1. The van der Waals surface area contributed by atoms with Crippen molar-refractivity contribution < 1.29 is 0 Å². The zero-order valence-corrected chi connectivity index (χ0v) is 7.91. The van der Waals surface area contributed by atoms with Crippen LogP contribution in [0.1, 0.15) is 12.7 Å². The molecular weight excluding hydrogens is 160 g/mol. The summed E-state index contributed by atoms with van der Waals surface area (Å²) in [5.74, 6) is 0.959. The molecule has 0 bridgehead atoms. The van der Waals surface area contributed by atoms with E-state index in [4.69, 9.17) is 0 Å². The van der Waals surface area contributed by atoms with E-state index >= 15 is 0 Å². The minimum atomic E-state index is 0.959. The van der Waals surface area contributed by atoms with Crippen molar-refractivity contribution in [3.63, 3.8) is 0 Å². The standard InChI is InChI=1S/C11H12N2/c1-8(2)11-12-9-6-4-5-7-10(9)13(11)3/h4-7H,1H2,2-3H3. The summed E-state index contributed by atoms with van der Waals surface area (Å²) < 4.78 is 2.07. The van der Waals surface area contributed by atoms with E-state index in [0.717, 1.165) is 22.4 Å². The van der Waals surface area contributed by atoms with E-state index in [1.807, 2.05) is 32.2 Å². The lowest BCUT2D eigenvalue weighted by atomic mass is 10.3. The summed E-state index contributed by atoms with van der Waals surface area (Å²) in [5.41, 5.74) is 3.18. The monoisotopic (exact) mass is 172 g/mol. The van der Waals surface area contributed by atoms with Crippen molar-refractivity contribution in [2.45, 2.75) is 6.92 Å². The largest absolute Gasteiger partial charge is 0.327 e. The van der Waals surface area contributed by atoms with Crippen molar-refractivity contribution in [3.8, 4) is 0 Å². The van der Waals surface area contributed by atoms with E-state index in [0.29, 0.717) is 0 Å². The third-order valence-electron chi connectivity index (χ3n) is 2.17. The van der Waals surface area contributed by atoms with Gasteiger partial charge in [0.25, 0.3) is 0 Å². The maximum Gasteiger partial charge on any atom is 0.135 e. The van der Waals surface area contributed by atoms with Crippen LogP contribution in [0.2, 0.25) is 0 Å². The molecule has 66 valence electrons. The Morgan fingerprint density at radius 3 is 2.69 bits per heavy atom. The predicted molar refractivity (Wildman–Crippen MR) is 55.4 cm³/mol. The van der Waals surface area contributed by atoms with Crippen LogP contribution in [0.15, 0.2) is 30.8 Å². The fourth-order valence-corrected chi connectivity index (χ4v) is 1.53. The molecule has 2 nitrogen and oxygen atoms in total. The number of rotatable bonds is 1. The fraction of sp³-hybridized carbons (Fsp3) is 0.182. The molecule has 0 unspecified atom stereocenters. The number of hydrogen-bond donors (Lipinski definition) is 0. The minimum Gasteiger partial charge on any atom is -0.327 e. The van der Waals surface area contributed by atoms with Gasteiger partial charge in [-0.2, -0.15) is 0 Å². The Balaban J connectivity index is 2.81. The summed E-state index contributed by atoms with van der Waals surface area (Å²) in [4.78, 5) is 4.48. The topological polar surface area (TPSA) is 17.8 Å². The summed E-state index contributed by atoms with van der Waals surface area (Å²) in [6.07, 6.45) is 0. The second-order valence-electron chi connectivity index (χ2n) is 3.26. The Hall–Kier alpha value is -1.57. The van der Waals surface area contributed by atoms with Crippen LogP contribution in [-0.4, -0.2) is 9.55 Å². The average Bonchev–Trinajstić information content (AvgIpc) is 2.45. The van der Waals surface area contributed by atoms with E-state index in [1.165, 1.54) is 0 Å². The second-order valence-corrected chi connectivity index (χ2v) is 3.26. The van der Waals surface area contributed by atoms with Crippen LogP contribution in [0.3, 0.4) is 0 Å². The lowest BCUT2D eigenvalue weighted by molar-refractivity contribution is 0.921. The molecular formula is C11H12N2. The van der Waals surface area contributed by atoms with Crippen LogP contribution < -0.4 is 0 Å². The van der Waals surface area contributed by atoms with Crippen molar-refractivity contribution in [2.24, 2.45) is 7.05 Å². The van der Waals surface area contributed by atoms with E-state index in [9.17, 15) is 0 Å². The molecule has 13 heavy (non-hydrogen) atoms. The highest BCUT2D eigenvalue weighted by molar-refractivity contribution is 5.79. The first-order valence-corrected chi connectivity index (χ1v) is 4.27. The molecule has 0 fully saturated rings. The van der Waals surface area contributed by atoms with E-state index in [2.05, 4.69) is 22.2 Å². The summed E-state index contributed by atoms with van der Waals surface area (Å²) in [6.45, 7) is 5.87. The average molecular weight is 172 g/mol. The first-order valence-electron chi connectivity index (χ1n) is 4.27. The molecule has 1 aromatic carbocycles. The van der Waals surface area contributed by atoms with Gasteiger partial charge < -0.3 is 4.57 Å². The molecule has 0 N–H and O–H groups in total. The number of benzene rings is 1. The first kappa shape index (κ1) is 8.05. The summed E-state index contributed by atoms with van der Waals surface area (Å²) in [7, 11) is 2.01. The van der Waals surface area contributed by atoms with Crippen LogP contribution in [0.4, 0.5) is 0 Å². The van der Waals surface area contributed by atoms with E-state index < -0.39 is 0 Å². The van der Waals surface area contributed by atoms with Crippen LogP contribution >= 0.6 is 0 Å². The molecule has 0 spiro atoms. The van der Waals surface area contributed by atoms with Crippen LogP contribution in [0.5, 0.6) is 0 Å². The van der Waals surface area contributed by atoms with Gasteiger partial charge in [-0.3, -0.25) is 0 Å². The Labute approximate surface area is 77.5 Å². The van der Waals surface area contributed by atoms with Gasteiger partial charge in [0.15, 0.2) is 0 Å². The zero-order chi connectivity index (χ0) is 9.42. The van der Waals surface area contributed by atoms with Gasteiger partial charge >= 0.3 is 0 Å². The predicted octanol–water partition coefficient (Wildman–Crippen LogP) is 2.61. The van der Waals surface area contributed by atoms with Gasteiger partial charge in [0, 0.05) is 7.05 Å². The third kappa shape index (κ3) is 1.15. The van der Waals surface area contributed by atoms with Crippen LogP contribution in [0.25, 0.3) is 16.6 Å². The molecule has 0 saturated heterocycles. The van der Waals surface area contributed by atoms with Gasteiger partial charge in [-0.05, 0) is 24.6 Å². The first-order chi connectivity index (χ1) is 6.20. The van der Waals surface area contributed by atoms with Crippen molar-refractivity contribution in [1.82, 2.24) is 9.55 Å². The molecule has 0 aliphatic heterocycles. The van der Waals surface area contributed by atoms with Gasteiger partial charge in [-0.25, -0.2) is 4.98 Å². The van der Waals surface area contributed by atoms with Gasteiger partial charge in [0.1, 0.15) is 5.82 Å². The molecule has 2 heteroatoms. The Bertz CT molecular complexity index is 466. The minimum absolute atomic E-state index is 0.959. The van der Waals surface area contributed by atoms with E-state index in [-0.39, 0.29) is 0 Å². The summed E-state index contributed by atoms with van der Waals surface area (Å²) in [6, 6.07) is 8.10. The number of aryl methyl sites for hydroxylation is 1. The smallest absolute Gasteiger partial charge is 0.135 e. The molecule has 1 aromatic heterocycles. The van der Waals surface area contributed by atoms with Crippen LogP contribution in [-0.2, 0) is 7.05 Å². The molecule has 0 aliphatic carbocycles. The number of aromatic nitrogens is 2. The number of imidazole rings is 1. The highest BCUT2D eigenvalue weighted by atomic mass is 15.1. The zero-order valence-electron chi connectivity index (χ0n) is 7.91. The van der Waals surface area contributed by atoms with Gasteiger partial charge in [-0.15, -0.1) is 0 Å². The number of para-hydroxylation sites is 2. The molecule has 0 atom stereocenters. The Morgan fingerprint density at radius 1 is 1.38 bits per heavy atom. The van der Waals surface area contributed by atoms with E-state index in [1.54, 1.807) is 0 Å². The fourth-order valence-electron chi connectivity index (χ4n) is 1.53. The van der Waals surface area contributed by atoms with Crippen molar-refractivity contribution >= 4 is 16.6 Å². The number of fused-ring (bicyclic) bond motifs is 1. The highest BCUT2D eigenvalue weighted by Gasteiger charge is 2.05. The summed E-state index contributed by atoms with van der Waals surface area (Å²) in [5, 5.41) is 0. The lowest BCUT2D eigenvalue weighted by Gasteiger charge is -1.99. The maximum absolute atomic E-state index is 4.48. The third-order valence-corrected chi connectivity index (χ3v) is 2.17. The second kappa shape index (κ2) is 2.73. The molecule has 0 radical (unpaired) electrons. The Morgan fingerprint density at radius 2 is 2.08 bits per heavy atom. The number of nitrogens with zero attached hydrogens (tertiary/aromatic N) is 2. The van der Waals surface area contributed by atoms with Crippen molar-refractivity contribution in [3.05, 3.63) is 36.7 Å².